The largest absolute Gasteiger partial charge is 0.372 e. The molecule has 0 amide bonds. The number of nitrogens with zero attached hydrogens (tertiary/aromatic N) is 2. The smallest absolute Gasteiger partial charge is 0.0642 e. The molecule has 1 atom stereocenters. The predicted octanol–water partition coefficient (Wildman–Crippen LogP) is 3.37. The van der Waals surface area contributed by atoms with E-state index in [1.54, 1.807) is 0 Å². The molecule has 1 aliphatic rings. The minimum Gasteiger partial charge on any atom is -0.372 e. The first-order valence-electron chi connectivity index (χ1n) is 8.03. The Balaban J connectivity index is 2.08. The third-order valence-corrected chi connectivity index (χ3v) is 4.66. The molecule has 1 fully saturated rings. The van der Waals surface area contributed by atoms with Crippen LogP contribution in [0.4, 0.5) is 5.69 Å². The molecule has 0 spiro atoms. The van der Waals surface area contributed by atoms with Crippen LogP contribution in [0, 0.1) is 0 Å². The van der Waals surface area contributed by atoms with Crippen LogP contribution in [0.5, 0.6) is 0 Å². The van der Waals surface area contributed by atoms with Crippen molar-refractivity contribution in [2.24, 2.45) is 0 Å². The molecule has 1 heterocycles. The standard InChI is InChI=1S/C17H28ClN3/c1-4-10-19-12-14-7-5-9-16(18)17(14)21(3)13-15-8-6-11-20(15)2/h5,7,9,15,19H,4,6,8,10-13H2,1-3H3. The summed E-state index contributed by atoms with van der Waals surface area (Å²) in [5.41, 5.74) is 2.47. The molecule has 21 heavy (non-hydrogen) atoms. The third-order valence-electron chi connectivity index (χ3n) is 4.35. The number of halogens is 1. The fourth-order valence-electron chi connectivity index (χ4n) is 3.15. The number of rotatable bonds is 7. The molecule has 1 aromatic carbocycles. The lowest BCUT2D eigenvalue weighted by atomic mass is 10.1. The molecule has 1 unspecified atom stereocenters. The van der Waals surface area contributed by atoms with Crippen molar-refractivity contribution in [3.05, 3.63) is 28.8 Å². The number of likely N-dealkylation sites (tertiary alicyclic amines) is 1. The van der Waals surface area contributed by atoms with Gasteiger partial charge in [-0.3, -0.25) is 0 Å². The van der Waals surface area contributed by atoms with Gasteiger partial charge in [0.2, 0.25) is 0 Å². The summed E-state index contributed by atoms with van der Waals surface area (Å²) in [7, 11) is 4.39. The van der Waals surface area contributed by atoms with Gasteiger partial charge < -0.3 is 15.1 Å². The van der Waals surface area contributed by atoms with Crippen molar-refractivity contribution in [3.8, 4) is 0 Å². The van der Waals surface area contributed by atoms with E-state index in [2.05, 4.69) is 42.2 Å². The highest BCUT2D eigenvalue weighted by molar-refractivity contribution is 6.33. The molecule has 4 heteroatoms. The highest BCUT2D eigenvalue weighted by Gasteiger charge is 2.23. The van der Waals surface area contributed by atoms with Gasteiger partial charge in [-0.1, -0.05) is 30.7 Å². The maximum atomic E-state index is 6.48. The van der Waals surface area contributed by atoms with Crippen LogP contribution in [0.15, 0.2) is 18.2 Å². The van der Waals surface area contributed by atoms with Crippen LogP contribution in [0.25, 0.3) is 0 Å². The molecule has 1 aromatic rings. The molecule has 2 rings (SSSR count). The van der Waals surface area contributed by atoms with E-state index in [1.807, 2.05) is 12.1 Å². The van der Waals surface area contributed by atoms with Gasteiger partial charge in [0, 0.05) is 26.2 Å². The van der Waals surface area contributed by atoms with Gasteiger partial charge in [-0.25, -0.2) is 0 Å². The fourth-order valence-corrected chi connectivity index (χ4v) is 3.49. The van der Waals surface area contributed by atoms with Gasteiger partial charge in [-0.15, -0.1) is 0 Å². The average molecular weight is 310 g/mol. The summed E-state index contributed by atoms with van der Waals surface area (Å²) < 4.78 is 0. The van der Waals surface area contributed by atoms with E-state index in [1.165, 1.54) is 30.6 Å². The van der Waals surface area contributed by atoms with E-state index in [-0.39, 0.29) is 0 Å². The first-order chi connectivity index (χ1) is 10.1. The zero-order valence-corrected chi connectivity index (χ0v) is 14.3. The summed E-state index contributed by atoms with van der Waals surface area (Å²) in [6.45, 7) is 6.37. The van der Waals surface area contributed by atoms with Gasteiger partial charge >= 0.3 is 0 Å². The summed E-state index contributed by atoms with van der Waals surface area (Å²) in [5.74, 6) is 0. The van der Waals surface area contributed by atoms with Gasteiger partial charge in [-0.05, 0) is 51.0 Å². The maximum Gasteiger partial charge on any atom is 0.0642 e. The van der Waals surface area contributed by atoms with E-state index in [0.717, 1.165) is 31.1 Å². The highest BCUT2D eigenvalue weighted by atomic mass is 35.5. The maximum absolute atomic E-state index is 6.48. The Bertz CT molecular complexity index is 450. The van der Waals surface area contributed by atoms with Crippen molar-refractivity contribution in [3.63, 3.8) is 0 Å². The quantitative estimate of drug-likeness (QED) is 0.779. The van der Waals surface area contributed by atoms with Crippen molar-refractivity contribution in [2.45, 2.75) is 38.8 Å². The molecular weight excluding hydrogens is 282 g/mol. The molecular formula is C17H28ClN3. The first kappa shape index (κ1) is 16.6. The van der Waals surface area contributed by atoms with Crippen LogP contribution in [0.2, 0.25) is 5.02 Å². The lowest BCUT2D eigenvalue weighted by molar-refractivity contribution is 0.314. The Hall–Kier alpha value is -0.770. The van der Waals surface area contributed by atoms with Gasteiger partial charge in [0.15, 0.2) is 0 Å². The van der Waals surface area contributed by atoms with Crippen molar-refractivity contribution in [1.29, 1.82) is 0 Å². The molecule has 118 valence electrons. The number of nitrogens with one attached hydrogen (secondary N) is 1. The summed E-state index contributed by atoms with van der Waals surface area (Å²) in [6, 6.07) is 6.86. The van der Waals surface area contributed by atoms with Crippen LogP contribution in [-0.4, -0.2) is 44.7 Å². The first-order valence-corrected chi connectivity index (χ1v) is 8.40. The molecule has 1 aliphatic heterocycles. The Morgan fingerprint density at radius 1 is 1.43 bits per heavy atom. The SMILES string of the molecule is CCCNCc1cccc(Cl)c1N(C)CC1CCCN1C. The Morgan fingerprint density at radius 3 is 2.90 bits per heavy atom. The van der Waals surface area contributed by atoms with Crippen molar-refractivity contribution >= 4 is 17.3 Å². The Kier molecular flexibility index (Phi) is 6.34. The van der Waals surface area contributed by atoms with Crippen LogP contribution < -0.4 is 10.2 Å². The van der Waals surface area contributed by atoms with E-state index in [0.29, 0.717) is 6.04 Å². The summed E-state index contributed by atoms with van der Waals surface area (Å²) in [6.07, 6.45) is 3.75. The zero-order chi connectivity index (χ0) is 15.2. The second-order valence-electron chi connectivity index (χ2n) is 6.08. The molecule has 1 N–H and O–H groups in total. The number of hydrogen-bond donors (Lipinski definition) is 1. The van der Waals surface area contributed by atoms with E-state index in [4.69, 9.17) is 11.6 Å². The van der Waals surface area contributed by atoms with Crippen LogP contribution in [-0.2, 0) is 6.54 Å². The minimum atomic E-state index is 0.641. The van der Waals surface area contributed by atoms with Gasteiger partial charge in [0.1, 0.15) is 0 Å². The van der Waals surface area contributed by atoms with Crippen LogP contribution in [0.3, 0.4) is 0 Å². The second kappa shape index (κ2) is 8.02. The molecule has 0 aromatic heterocycles. The second-order valence-corrected chi connectivity index (χ2v) is 6.49. The normalized spacial score (nSPS) is 19.1. The molecule has 3 nitrogen and oxygen atoms in total. The van der Waals surface area contributed by atoms with Gasteiger partial charge in [-0.2, -0.15) is 0 Å². The number of hydrogen-bond acceptors (Lipinski definition) is 3. The number of likely N-dealkylation sites (N-methyl/N-ethyl adjacent to an activating group) is 2. The molecule has 0 saturated carbocycles. The monoisotopic (exact) mass is 309 g/mol. The summed E-state index contributed by atoms with van der Waals surface area (Å²) in [4.78, 5) is 4.79. The van der Waals surface area contributed by atoms with Crippen molar-refractivity contribution < 1.29 is 0 Å². The highest BCUT2D eigenvalue weighted by Crippen LogP contribution is 2.30. The topological polar surface area (TPSA) is 18.5 Å². The summed E-state index contributed by atoms with van der Waals surface area (Å²) in [5, 5.41) is 4.34. The minimum absolute atomic E-state index is 0.641. The van der Waals surface area contributed by atoms with E-state index >= 15 is 0 Å². The Labute approximate surface area is 134 Å². The third kappa shape index (κ3) is 4.35. The number of para-hydroxylation sites is 1. The Morgan fingerprint density at radius 2 is 2.24 bits per heavy atom. The van der Waals surface area contributed by atoms with E-state index < -0.39 is 0 Å². The van der Waals surface area contributed by atoms with Gasteiger partial charge in [0.25, 0.3) is 0 Å². The number of anilines is 1. The summed E-state index contributed by atoms with van der Waals surface area (Å²) >= 11 is 6.48. The van der Waals surface area contributed by atoms with Crippen molar-refractivity contribution in [2.75, 3.05) is 38.6 Å². The fraction of sp³-hybridized carbons (Fsp3) is 0.647. The van der Waals surface area contributed by atoms with Crippen LogP contribution in [0.1, 0.15) is 31.7 Å². The van der Waals surface area contributed by atoms with Gasteiger partial charge in [0.05, 0.1) is 10.7 Å². The number of benzene rings is 1. The van der Waals surface area contributed by atoms with Crippen LogP contribution >= 0.6 is 11.6 Å². The lowest BCUT2D eigenvalue weighted by Gasteiger charge is -2.29. The average Bonchev–Trinajstić information content (AvgIpc) is 2.84. The predicted molar refractivity (Wildman–Crippen MR) is 92.4 cm³/mol. The lowest BCUT2D eigenvalue weighted by Crippen LogP contribution is -2.37. The zero-order valence-electron chi connectivity index (χ0n) is 13.5. The molecule has 0 aliphatic carbocycles. The van der Waals surface area contributed by atoms with E-state index in [9.17, 15) is 0 Å². The molecule has 0 radical (unpaired) electrons. The molecule has 0 bridgehead atoms. The van der Waals surface area contributed by atoms with Crippen molar-refractivity contribution in [1.82, 2.24) is 10.2 Å². The molecule has 1 saturated heterocycles.